The molecular weight excluding hydrogens is 256 g/mol. The molecule has 18 heavy (non-hydrogen) atoms. The molecule has 1 amide bonds. The van der Waals surface area contributed by atoms with Gasteiger partial charge in [0, 0.05) is 12.1 Å². The summed E-state index contributed by atoms with van der Waals surface area (Å²) in [4.78, 5) is 11.8. The maximum absolute atomic E-state index is 11.8. The molecule has 0 saturated carbocycles. The van der Waals surface area contributed by atoms with Crippen molar-refractivity contribution in [3.63, 3.8) is 0 Å². The molecule has 1 unspecified atom stereocenters. The maximum Gasteiger partial charge on any atom is 0.242 e. The van der Waals surface area contributed by atoms with Crippen LogP contribution in [0.25, 0.3) is 0 Å². The van der Waals surface area contributed by atoms with Gasteiger partial charge in [-0.2, -0.15) is 0 Å². The number of rotatable bonds is 6. The second-order valence-electron chi connectivity index (χ2n) is 4.92. The van der Waals surface area contributed by atoms with Crippen molar-refractivity contribution in [2.75, 3.05) is 6.54 Å². The Hall–Kier alpha value is -1.21. The molecule has 1 heterocycles. The first-order valence-electron chi connectivity index (χ1n) is 5.67. The largest absolute Gasteiger partial charge is 0.348 e. The number of tetrazole rings is 1. The second kappa shape index (κ2) is 7.27. The standard InChI is InChI=1S/C10H20N6O.ClH/c1-8(2)4-10(3,6-11)13-9(17)5-16-7-12-14-15-16;/h7-8H,4-6,11H2,1-3H3,(H,13,17);1H. The number of hydrogen-bond acceptors (Lipinski definition) is 5. The molecule has 0 spiro atoms. The fourth-order valence-electron chi connectivity index (χ4n) is 1.86. The Bertz CT molecular complexity index is 355. The van der Waals surface area contributed by atoms with Crippen LogP contribution in [0.1, 0.15) is 27.2 Å². The van der Waals surface area contributed by atoms with Gasteiger partial charge in [-0.1, -0.05) is 13.8 Å². The van der Waals surface area contributed by atoms with Gasteiger partial charge in [-0.25, -0.2) is 4.68 Å². The topological polar surface area (TPSA) is 98.7 Å². The molecule has 0 radical (unpaired) electrons. The Labute approximate surface area is 113 Å². The summed E-state index contributed by atoms with van der Waals surface area (Å²) in [5, 5.41) is 13.5. The molecule has 7 nitrogen and oxygen atoms in total. The minimum absolute atomic E-state index is 0. The molecular formula is C10H21ClN6O. The van der Waals surface area contributed by atoms with Crippen molar-refractivity contribution in [1.82, 2.24) is 25.5 Å². The van der Waals surface area contributed by atoms with Crippen LogP contribution >= 0.6 is 12.4 Å². The predicted octanol–water partition coefficient (Wildman–Crippen LogP) is -0.0254. The van der Waals surface area contributed by atoms with Crippen molar-refractivity contribution < 1.29 is 4.79 Å². The molecule has 0 aromatic carbocycles. The molecule has 3 N–H and O–H groups in total. The van der Waals surface area contributed by atoms with Gasteiger partial charge in [-0.15, -0.1) is 17.5 Å². The highest BCUT2D eigenvalue weighted by Gasteiger charge is 2.25. The molecule has 0 saturated heterocycles. The van der Waals surface area contributed by atoms with Gasteiger partial charge in [-0.05, 0) is 29.7 Å². The highest BCUT2D eigenvalue weighted by molar-refractivity contribution is 5.85. The van der Waals surface area contributed by atoms with Crippen molar-refractivity contribution in [1.29, 1.82) is 0 Å². The number of nitrogens with two attached hydrogens (primary N) is 1. The molecule has 1 aromatic rings. The van der Waals surface area contributed by atoms with Gasteiger partial charge >= 0.3 is 0 Å². The van der Waals surface area contributed by atoms with E-state index in [-0.39, 0.29) is 30.4 Å². The molecule has 0 aliphatic carbocycles. The molecule has 104 valence electrons. The predicted molar refractivity (Wildman–Crippen MR) is 70.1 cm³/mol. The lowest BCUT2D eigenvalue weighted by molar-refractivity contribution is -0.123. The monoisotopic (exact) mass is 276 g/mol. The van der Waals surface area contributed by atoms with Gasteiger partial charge in [0.2, 0.25) is 5.91 Å². The average Bonchev–Trinajstić information content (AvgIpc) is 2.68. The van der Waals surface area contributed by atoms with Crippen LogP contribution in [0.5, 0.6) is 0 Å². The van der Waals surface area contributed by atoms with E-state index in [4.69, 9.17) is 5.73 Å². The lowest BCUT2D eigenvalue weighted by Crippen LogP contribution is -2.53. The van der Waals surface area contributed by atoms with E-state index >= 15 is 0 Å². The molecule has 8 heteroatoms. The van der Waals surface area contributed by atoms with Gasteiger partial charge < -0.3 is 11.1 Å². The number of carbonyl (C=O) groups excluding carboxylic acids is 1. The molecule has 0 fully saturated rings. The normalized spacial score (nSPS) is 13.8. The summed E-state index contributed by atoms with van der Waals surface area (Å²) < 4.78 is 1.38. The van der Waals surface area contributed by atoms with Crippen LogP contribution in [0.15, 0.2) is 6.33 Å². The fourth-order valence-corrected chi connectivity index (χ4v) is 1.86. The molecule has 1 atom stereocenters. The Morgan fingerprint density at radius 2 is 2.22 bits per heavy atom. The highest BCUT2D eigenvalue weighted by atomic mass is 35.5. The van der Waals surface area contributed by atoms with Crippen LogP contribution in [0.3, 0.4) is 0 Å². The SMILES string of the molecule is CC(C)CC(C)(CN)NC(=O)Cn1cnnn1.Cl. The Balaban J connectivity index is 0.00000289. The van der Waals surface area contributed by atoms with Gasteiger partial charge in [0.25, 0.3) is 0 Å². The van der Waals surface area contributed by atoms with Crippen molar-refractivity contribution in [3.05, 3.63) is 6.33 Å². The quantitative estimate of drug-likeness (QED) is 0.760. The zero-order valence-corrected chi connectivity index (χ0v) is 11.8. The van der Waals surface area contributed by atoms with E-state index in [1.165, 1.54) is 11.0 Å². The molecule has 0 bridgehead atoms. The first-order chi connectivity index (χ1) is 7.95. The first kappa shape index (κ1) is 16.8. The van der Waals surface area contributed by atoms with E-state index in [1.807, 2.05) is 6.92 Å². The van der Waals surface area contributed by atoms with Crippen molar-refractivity contribution in [2.24, 2.45) is 11.7 Å². The Kier molecular flexibility index (Phi) is 6.79. The number of carbonyl (C=O) groups is 1. The fraction of sp³-hybridized carbons (Fsp3) is 0.800. The summed E-state index contributed by atoms with van der Waals surface area (Å²) in [6.45, 7) is 6.67. The zero-order valence-electron chi connectivity index (χ0n) is 11.0. The van der Waals surface area contributed by atoms with Gasteiger partial charge in [0.05, 0.1) is 0 Å². The van der Waals surface area contributed by atoms with Crippen LogP contribution in [0.2, 0.25) is 0 Å². The minimum atomic E-state index is -0.376. The maximum atomic E-state index is 11.8. The molecule has 1 aromatic heterocycles. The molecule has 0 aliphatic heterocycles. The van der Waals surface area contributed by atoms with Gasteiger partial charge in [-0.3, -0.25) is 4.79 Å². The highest BCUT2D eigenvalue weighted by Crippen LogP contribution is 2.15. The van der Waals surface area contributed by atoms with E-state index in [0.717, 1.165) is 6.42 Å². The number of halogens is 1. The number of aromatic nitrogens is 4. The third-order valence-corrected chi connectivity index (χ3v) is 2.45. The zero-order chi connectivity index (χ0) is 12.9. The van der Waals surface area contributed by atoms with Crippen LogP contribution < -0.4 is 11.1 Å². The summed E-state index contributed by atoms with van der Waals surface area (Å²) in [5.74, 6) is 0.336. The second-order valence-corrected chi connectivity index (χ2v) is 4.92. The van der Waals surface area contributed by atoms with E-state index in [9.17, 15) is 4.79 Å². The number of amides is 1. The third-order valence-electron chi connectivity index (χ3n) is 2.45. The average molecular weight is 277 g/mol. The summed E-state index contributed by atoms with van der Waals surface area (Å²) in [6.07, 6.45) is 2.24. The van der Waals surface area contributed by atoms with E-state index in [1.54, 1.807) is 0 Å². The lowest BCUT2D eigenvalue weighted by Gasteiger charge is -2.31. The molecule has 0 aliphatic rings. The molecule has 1 rings (SSSR count). The summed E-state index contributed by atoms with van der Waals surface area (Å²) >= 11 is 0. The van der Waals surface area contributed by atoms with E-state index < -0.39 is 0 Å². The first-order valence-corrected chi connectivity index (χ1v) is 5.67. The van der Waals surface area contributed by atoms with Crippen molar-refractivity contribution in [2.45, 2.75) is 39.3 Å². The Morgan fingerprint density at radius 3 is 2.67 bits per heavy atom. The van der Waals surface area contributed by atoms with Crippen LogP contribution in [0, 0.1) is 5.92 Å². The van der Waals surface area contributed by atoms with Crippen LogP contribution in [-0.2, 0) is 11.3 Å². The number of hydrogen-bond donors (Lipinski definition) is 2. The van der Waals surface area contributed by atoms with Crippen LogP contribution in [-0.4, -0.2) is 38.2 Å². The van der Waals surface area contributed by atoms with Gasteiger partial charge in [0.15, 0.2) is 0 Å². The summed E-state index contributed by atoms with van der Waals surface area (Å²) in [5.41, 5.74) is 5.34. The smallest absolute Gasteiger partial charge is 0.242 e. The van der Waals surface area contributed by atoms with Gasteiger partial charge in [0.1, 0.15) is 12.9 Å². The van der Waals surface area contributed by atoms with Crippen LogP contribution in [0.4, 0.5) is 0 Å². The van der Waals surface area contributed by atoms with E-state index in [2.05, 4.69) is 34.7 Å². The minimum Gasteiger partial charge on any atom is -0.348 e. The van der Waals surface area contributed by atoms with Crippen molar-refractivity contribution >= 4 is 18.3 Å². The summed E-state index contributed by atoms with van der Waals surface area (Å²) in [6, 6.07) is 0. The van der Waals surface area contributed by atoms with Crippen molar-refractivity contribution in [3.8, 4) is 0 Å². The Morgan fingerprint density at radius 1 is 1.56 bits per heavy atom. The summed E-state index contributed by atoms with van der Waals surface area (Å²) in [7, 11) is 0. The van der Waals surface area contributed by atoms with E-state index in [0.29, 0.717) is 12.5 Å². The number of nitrogens with one attached hydrogen (secondary N) is 1. The lowest BCUT2D eigenvalue weighted by atomic mass is 9.91. The third kappa shape index (κ3) is 5.42. The number of nitrogens with zero attached hydrogens (tertiary/aromatic N) is 4.